The highest BCUT2D eigenvalue weighted by molar-refractivity contribution is 7.13. The van der Waals surface area contributed by atoms with Gasteiger partial charge in [0, 0.05) is 23.3 Å². The fourth-order valence-electron chi connectivity index (χ4n) is 2.33. The zero-order valence-electron chi connectivity index (χ0n) is 11.9. The van der Waals surface area contributed by atoms with Crippen LogP contribution in [0.5, 0.6) is 0 Å². The number of hydrogen-bond donors (Lipinski definition) is 1. The third-order valence-electron chi connectivity index (χ3n) is 3.37. The molecule has 0 atom stereocenters. The fraction of sp³-hybridized carbons (Fsp3) is 0. The molecular formula is C16H11N5OS. The maximum Gasteiger partial charge on any atom is 0.262 e. The van der Waals surface area contributed by atoms with E-state index in [2.05, 4.69) is 20.4 Å². The summed E-state index contributed by atoms with van der Waals surface area (Å²) in [5, 5.41) is 9.43. The first-order valence-electron chi connectivity index (χ1n) is 6.92. The van der Waals surface area contributed by atoms with Gasteiger partial charge in [-0.3, -0.25) is 10.1 Å². The molecule has 0 aliphatic heterocycles. The first-order valence-corrected chi connectivity index (χ1v) is 7.80. The van der Waals surface area contributed by atoms with Crippen molar-refractivity contribution >= 4 is 28.0 Å². The third kappa shape index (κ3) is 2.47. The number of thiazole rings is 1. The Morgan fingerprint density at radius 1 is 1.09 bits per heavy atom. The van der Waals surface area contributed by atoms with E-state index in [1.54, 1.807) is 22.3 Å². The highest BCUT2D eigenvalue weighted by Crippen LogP contribution is 2.21. The van der Waals surface area contributed by atoms with Gasteiger partial charge in [-0.2, -0.15) is 5.10 Å². The van der Waals surface area contributed by atoms with Crippen LogP contribution < -0.4 is 5.32 Å². The van der Waals surface area contributed by atoms with Gasteiger partial charge in [0.15, 0.2) is 10.8 Å². The Hall–Kier alpha value is -3.06. The second kappa shape index (κ2) is 5.62. The standard InChI is InChI=1S/C16H11N5OS/c22-15(20-16-18-8-9-23-16)12-10-19-21-13(6-7-17-14(12)21)11-4-2-1-3-5-11/h1-10H,(H,18,20,22). The maximum atomic E-state index is 12.4. The van der Waals surface area contributed by atoms with Crippen molar-refractivity contribution in [3.63, 3.8) is 0 Å². The number of nitrogens with one attached hydrogen (secondary N) is 1. The van der Waals surface area contributed by atoms with Gasteiger partial charge in [0.05, 0.1) is 11.9 Å². The number of rotatable bonds is 3. The minimum Gasteiger partial charge on any atom is -0.298 e. The number of anilines is 1. The number of fused-ring (bicyclic) bond motifs is 1. The second-order valence-electron chi connectivity index (χ2n) is 4.78. The van der Waals surface area contributed by atoms with Gasteiger partial charge < -0.3 is 0 Å². The van der Waals surface area contributed by atoms with Gasteiger partial charge in [0.1, 0.15) is 5.56 Å². The molecule has 1 amide bonds. The van der Waals surface area contributed by atoms with Crippen LogP contribution in [0.25, 0.3) is 16.9 Å². The van der Waals surface area contributed by atoms with E-state index < -0.39 is 0 Å². The average Bonchev–Trinajstić information content (AvgIpc) is 3.24. The van der Waals surface area contributed by atoms with E-state index in [1.807, 2.05) is 36.4 Å². The molecule has 112 valence electrons. The Balaban J connectivity index is 1.77. The molecule has 0 radical (unpaired) electrons. The Bertz CT molecular complexity index is 963. The lowest BCUT2D eigenvalue weighted by molar-refractivity contribution is 0.102. The predicted molar refractivity (Wildman–Crippen MR) is 88.5 cm³/mol. The second-order valence-corrected chi connectivity index (χ2v) is 5.68. The van der Waals surface area contributed by atoms with E-state index in [4.69, 9.17) is 0 Å². The molecule has 4 aromatic rings. The first kappa shape index (κ1) is 13.6. The molecule has 23 heavy (non-hydrogen) atoms. The van der Waals surface area contributed by atoms with Crippen molar-refractivity contribution in [3.8, 4) is 11.3 Å². The smallest absolute Gasteiger partial charge is 0.262 e. The Labute approximate surface area is 135 Å². The number of benzene rings is 1. The number of carbonyl (C=O) groups is 1. The maximum absolute atomic E-state index is 12.4. The van der Waals surface area contributed by atoms with Gasteiger partial charge in [0.25, 0.3) is 5.91 Å². The first-order chi connectivity index (χ1) is 11.3. The molecule has 0 unspecified atom stereocenters. The van der Waals surface area contributed by atoms with Crippen LogP contribution in [0.2, 0.25) is 0 Å². The normalized spacial score (nSPS) is 10.8. The topological polar surface area (TPSA) is 72.2 Å². The molecule has 6 nitrogen and oxygen atoms in total. The molecule has 0 saturated heterocycles. The molecule has 4 rings (SSSR count). The largest absolute Gasteiger partial charge is 0.298 e. The van der Waals surface area contributed by atoms with Crippen molar-refractivity contribution in [2.24, 2.45) is 0 Å². The summed E-state index contributed by atoms with van der Waals surface area (Å²) in [5.74, 6) is -0.271. The monoisotopic (exact) mass is 321 g/mol. The van der Waals surface area contributed by atoms with Crippen molar-refractivity contribution in [1.29, 1.82) is 0 Å². The van der Waals surface area contributed by atoms with Crippen LogP contribution in [-0.4, -0.2) is 25.5 Å². The van der Waals surface area contributed by atoms with E-state index in [0.29, 0.717) is 16.3 Å². The molecule has 3 heterocycles. The third-order valence-corrected chi connectivity index (χ3v) is 4.06. The molecular weight excluding hydrogens is 310 g/mol. The molecule has 7 heteroatoms. The van der Waals surface area contributed by atoms with Crippen molar-refractivity contribution < 1.29 is 4.79 Å². The van der Waals surface area contributed by atoms with Gasteiger partial charge in [-0.05, 0) is 6.07 Å². The van der Waals surface area contributed by atoms with Crippen molar-refractivity contribution in [2.75, 3.05) is 5.32 Å². The number of amides is 1. The van der Waals surface area contributed by atoms with Crippen LogP contribution in [0.15, 0.2) is 60.4 Å². The van der Waals surface area contributed by atoms with E-state index in [-0.39, 0.29) is 5.91 Å². The highest BCUT2D eigenvalue weighted by Gasteiger charge is 2.16. The summed E-state index contributed by atoms with van der Waals surface area (Å²) in [7, 11) is 0. The zero-order valence-corrected chi connectivity index (χ0v) is 12.7. The summed E-state index contributed by atoms with van der Waals surface area (Å²) in [6, 6.07) is 11.7. The average molecular weight is 321 g/mol. The minimum absolute atomic E-state index is 0.271. The van der Waals surface area contributed by atoms with Crippen LogP contribution in [0.1, 0.15) is 10.4 Å². The van der Waals surface area contributed by atoms with Crippen LogP contribution >= 0.6 is 11.3 Å². The van der Waals surface area contributed by atoms with Crippen LogP contribution in [0.4, 0.5) is 5.13 Å². The molecule has 0 aliphatic rings. The number of nitrogens with zero attached hydrogens (tertiary/aromatic N) is 4. The lowest BCUT2D eigenvalue weighted by Gasteiger charge is -2.04. The van der Waals surface area contributed by atoms with E-state index in [1.165, 1.54) is 17.5 Å². The molecule has 1 aromatic carbocycles. The predicted octanol–water partition coefficient (Wildman–Crippen LogP) is 3.11. The van der Waals surface area contributed by atoms with E-state index in [9.17, 15) is 4.79 Å². The summed E-state index contributed by atoms with van der Waals surface area (Å²) in [6.07, 6.45) is 4.85. The Kier molecular flexibility index (Phi) is 3.32. The van der Waals surface area contributed by atoms with Gasteiger partial charge in [-0.15, -0.1) is 11.3 Å². The van der Waals surface area contributed by atoms with Gasteiger partial charge >= 0.3 is 0 Å². The van der Waals surface area contributed by atoms with Crippen molar-refractivity contribution in [1.82, 2.24) is 19.6 Å². The lowest BCUT2D eigenvalue weighted by Crippen LogP contribution is -2.11. The van der Waals surface area contributed by atoms with Gasteiger partial charge in [-0.25, -0.2) is 14.5 Å². The van der Waals surface area contributed by atoms with Crippen LogP contribution in [-0.2, 0) is 0 Å². The van der Waals surface area contributed by atoms with Crippen LogP contribution in [0.3, 0.4) is 0 Å². The van der Waals surface area contributed by atoms with Gasteiger partial charge in [-0.1, -0.05) is 30.3 Å². The number of carbonyl (C=O) groups excluding carboxylic acids is 1. The molecule has 3 aromatic heterocycles. The zero-order chi connectivity index (χ0) is 15.6. The molecule has 0 aliphatic carbocycles. The number of aromatic nitrogens is 4. The van der Waals surface area contributed by atoms with Crippen molar-refractivity contribution in [2.45, 2.75) is 0 Å². The van der Waals surface area contributed by atoms with Gasteiger partial charge in [0.2, 0.25) is 0 Å². The summed E-state index contributed by atoms with van der Waals surface area (Å²) >= 11 is 1.36. The Morgan fingerprint density at radius 3 is 2.74 bits per heavy atom. The summed E-state index contributed by atoms with van der Waals surface area (Å²) in [6.45, 7) is 0. The Morgan fingerprint density at radius 2 is 1.96 bits per heavy atom. The SMILES string of the molecule is O=C(Nc1nccs1)c1cnn2c(-c3ccccc3)ccnc12. The molecule has 0 bridgehead atoms. The molecule has 0 spiro atoms. The lowest BCUT2D eigenvalue weighted by atomic mass is 10.1. The number of hydrogen-bond acceptors (Lipinski definition) is 5. The van der Waals surface area contributed by atoms with E-state index in [0.717, 1.165) is 11.3 Å². The summed E-state index contributed by atoms with van der Waals surface area (Å²) in [5.41, 5.74) is 2.82. The summed E-state index contributed by atoms with van der Waals surface area (Å²) in [4.78, 5) is 20.7. The molecule has 0 fully saturated rings. The minimum atomic E-state index is -0.271. The fourth-order valence-corrected chi connectivity index (χ4v) is 2.85. The summed E-state index contributed by atoms with van der Waals surface area (Å²) < 4.78 is 1.67. The van der Waals surface area contributed by atoms with E-state index >= 15 is 0 Å². The van der Waals surface area contributed by atoms with Crippen LogP contribution in [0, 0.1) is 0 Å². The molecule has 1 N–H and O–H groups in total. The molecule has 0 saturated carbocycles. The quantitative estimate of drug-likeness (QED) is 0.629. The van der Waals surface area contributed by atoms with Crippen molar-refractivity contribution in [3.05, 3.63) is 65.9 Å². The highest BCUT2D eigenvalue weighted by atomic mass is 32.1.